The Morgan fingerprint density at radius 3 is 2.52 bits per heavy atom. The van der Waals surface area contributed by atoms with E-state index in [0.29, 0.717) is 17.7 Å². The van der Waals surface area contributed by atoms with Gasteiger partial charge in [-0.3, -0.25) is 4.79 Å². The fourth-order valence-electron chi connectivity index (χ4n) is 2.42. The Morgan fingerprint density at radius 1 is 1.38 bits per heavy atom. The maximum atomic E-state index is 11.9. The number of hydrogen-bond donors (Lipinski definition) is 1. The Labute approximate surface area is 128 Å². The van der Waals surface area contributed by atoms with Gasteiger partial charge in [0, 0.05) is 17.7 Å². The summed E-state index contributed by atoms with van der Waals surface area (Å²) in [5.41, 5.74) is 0. The number of nitrogens with two attached hydrogens (primary N) is 1. The number of primary sulfonamides is 1. The lowest BCUT2D eigenvalue weighted by molar-refractivity contribution is -0.158. The van der Waals surface area contributed by atoms with Gasteiger partial charge in [0.15, 0.2) is 0 Å². The monoisotopic (exact) mass is 333 g/mol. The van der Waals surface area contributed by atoms with Crippen molar-refractivity contribution in [2.75, 3.05) is 0 Å². The molecule has 0 saturated carbocycles. The van der Waals surface area contributed by atoms with Crippen LogP contribution in [-0.4, -0.2) is 32.7 Å². The Kier molecular flexibility index (Phi) is 5.03. The van der Waals surface area contributed by atoms with Crippen molar-refractivity contribution in [3.63, 3.8) is 0 Å². The van der Waals surface area contributed by atoms with E-state index < -0.39 is 10.0 Å². The van der Waals surface area contributed by atoms with Gasteiger partial charge in [-0.2, -0.15) is 0 Å². The van der Waals surface area contributed by atoms with Crippen molar-refractivity contribution in [1.82, 2.24) is 0 Å². The molecule has 2 atom stereocenters. The minimum Gasteiger partial charge on any atom is -0.462 e. The van der Waals surface area contributed by atoms with Gasteiger partial charge in [0.2, 0.25) is 10.0 Å². The van der Waals surface area contributed by atoms with E-state index in [1.165, 1.54) is 6.07 Å². The first-order valence-corrected chi connectivity index (χ1v) is 9.07. The standard InChI is InChI=1S/C13H19NO5S2/c1-8-5-10(6-9(2)18-8)19-12(15)7-11-3-4-13(20-11)21(14,16)17/h3-4,8-10H,5-7H2,1-2H3,(H2,14,16,17). The van der Waals surface area contributed by atoms with E-state index in [9.17, 15) is 13.2 Å². The Morgan fingerprint density at radius 2 is 2.00 bits per heavy atom. The number of ether oxygens (including phenoxy) is 2. The van der Waals surface area contributed by atoms with E-state index in [-0.39, 0.29) is 34.9 Å². The van der Waals surface area contributed by atoms with E-state index >= 15 is 0 Å². The second kappa shape index (κ2) is 6.43. The van der Waals surface area contributed by atoms with Gasteiger partial charge in [-0.15, -0.1) is 11.3 Å². The summed E-state index contributed by atoms with van der Waals surface area (Å²) in [5.74, 6) is -0.357. The zero-order valence-electron chi connectivity index (χ0n) is 11.9. The van der Waals surface area contributed by atoms with Gasteiger partial charge < -0.3 is 9.47 Å². The fourth-order valence-corrected chi connectivity index (χ4v) is 4.18. The third-order valence-corrected chi connectivity index (χ3v) is 5.71. The lowest BCUT2D eigenvalue weighted by atomic mass is 10.0. The summed E-state index contributed by atoms with van der Waals surface area (Å²) >= 11 is 0.993. The molecular weight excluding hydrogens is 314 g/mol. The lowest BCUT2D eigenvalue weighted by Gasteiger charge is -2.31. The van der Waals surface area contributed by atoms with Gasteiger partial charge in [-0.05, 0) is 26.0 Å². The smallest absolute Gasteiger partial charge is 0.311 e. The molecule has 1 aromatic heterocycles. The molecule has 1 saturated heterocycles. The summed E-state index contributed by atoms with van der Waals surface area (Å²) in [6, 6.07) is 2.99. The second-order valence-corrected chi connectivity index (χ2v) is 8.24. The van der Waals surface area contributed by atoms with Crippen LogP contribution >= 0.6 is 11.3 Å². The molecule has 0 aliphatic carbocycles. The predicted molar refractivity (Wildman–Crippen MR) is 78.5 cm³/mol. The molecule has 2 unspecified atom stereocenters. The number of carbonyl (C=O) groups is 1. The zero-order valence-corrected chi connectivity index (χ0v) is 13.6. The van der Waals surface area contributed by atoms with Crippen LogP contribution < -0.4 is 5.14 Å². The summed E-state index contributed by atoms with van der Waals surface area (Å²) < 4.78 is 33.4. The van der Waals surface area contributed by atoms with Gasteiger partial charge >= 0.3 is 5.97 Å². The molecule has 0 radical (unpaired) electrons. The minimum absolute atomic E-state index is 0.0543. The number of sulfonamides is 1. The molecule has 0 bridgehead atoms. The third-order valence-electron chi connectivity index (χ3n) is 3.19. The van der Waals surface area contributed by atoms with Gasteiger partial charge in [-0.25, -0.2) is 13.6 Å². The summed E-state index contributed by atoms with van der Waals surface area (Å²) in [7, 11) is -3.71. The van der Waals surface area contributed by atoms with E-state index in [1.807, 2.05) is 13.8 Å². The molecular formula is C13H19NO5S2. The maximum Gasteiger partial charge on any atom is 0.311 e. The van der Waals surface area contributed by atoms with Gasteiger partial charge in [0.25, 0.3) is 0 Å². The average Bonchev–Trinajstić information content (AvgIpc) is 2.75. The van der Waals surface area contributed by atoms with Gasteiger partial charge in [-0.1, -0.05) is 0 Å². The molecule has 2 rings (SSSR count). The first-order valence-electron chi connectivity index (χ1n) is 6.70. The van der Waals surface area contributed by atoms with Crippen molar-refractivity contribution >= 4 is 27.3 Å². The zero-order chi connectivity index (χ0) is 15.6. The highest BCUT2D eigenvalue weighted by atomic mass is 32.2. The Balaban J connectivity index is 1.91. The summed E-state index contributed by atoms with van der Waals surface area (Å²) in [6.07, 6.45) is 1.42. The molecule has 1 fully saturated rings. The van der Waals surface area contributed by atoms with Crippen molar-refractivity contribution in [1.29, 1.82) is 0 Å². The molecule has 2 heterocycles. The van der Waals surface area contributed by atoms with E-state index in [2.05, 4.69) is 0 Å². The number of carbonyl (C=O) groups excluding carboxylic acids is 1. The number of hydrogen-bond acceptors (Lipinski definition) is 6. The topological polar surface area (TPSA) is 95.7 Å². The van der Waals surface area contributed by atoms with Crippen LogP contribution in [0.5, 0.6) is 0 Å². The van der Waals surface area contributed by atoms with Crippen LogP contribution in [0.4, 0.5) is 0 Å². The molecule has 2 N–H and O–H groups in total. The van der Waals surface area contributed by atoms with Crippen LogP contribution in [0.3, 0.4) is 0 Å². The maximum absolute atomic E-state index is 11.9. The van der Waals surface area contributed by atoms with Gasteiger partial charge in [0.05, 0.1) is 18.6 Å². The molecule has 0 amide bonds. The van der Waals surface area contributed by atoms with Crippen LogP contribution in [-0.2, 0) is 30.7 Å². The Hall–Kier alpha value is -0.960. The van der Waals surface area contributed by atoms with Crippen molar-refractivity contribution in [2.45, 2.75) is 55.6 Å². The van der Waals surface area contributed by atoms with Crippen molar-refractivity contribution in [2.24, 2.45) is 5.14 Å². The van der Waals surface area contributed by atoms with Crippen LogP contribution in [0, 0.1) is 0 Å². The molecule has 118 valence electrons. The van der Waals surface area contributed by atoms with Crippen LogP contribution in [0.25, 0.3) is 0 Å². The summed E-state index contributed by atoms with van der Waals surface area (Å²) in [6.45, 7) is 3.91. The van der Waals surface area contributed by atoms with Crippen molar-refractivity contribution < 1.29 is 22.7 Å². The lowest BCUT2D eigenvalue weighted by Crippen LogP contribution is -2.35. The highest BCUT2D eigenvalue weighted by Crippen LogP contribution is 2.24. The molecule has 0 aromatic carbocycles. The summed E-state index contributed by atoms with van der Waals surface area (Å²) in [4.78, 5) is 12.5. The molecule has 8 heteroatoms. The summed E-state index contributed by atoms with van der Waals surface area (Å²) in [5, 5.41) is 5.03. The molecule has 0 spiro atoms. The first-order chi connectivity index (χ1) is 9.74. The van der Waals surface area contributed by atoms with E-state index in [4.69, 9.17) is 14.6 Å². The molecule has 1 aromatic rings. The van der Waals surface area contributed by atoms with E-state index in [1.54, 1.807) is 6.07 Å². The highest BCUT2D eigenvalue weighted by molar-refractivity contribution is 7.91. The third kappa shape index (κ3) is 4.77. The molecule has 1 aliphatic heterocycles. The normalized spacial score (nSPS) is 26.5. The average molecular weight is 333 g/mol. The van der Waals surface area contributed by atoms with Crippen LogP contribution in [0.2, 0.25) is 0 Å². The van der Waals surface area contributed by atoms with Crippen LogP contribution in [0.15, 0.2) is 16.3 Å². The first kappa shape index (κ1) is 16.4. The van der Waals surface area contributed by atoms with Crippen molar-refractivity contribution in [3.05, 3.63) is 17.0 Å². The molecule has 1 aliphatic rings. The number of thiophene rings is 1. The SMILES string of the molecule is CC1CC(OC(=O)Cc2ccc(S(N)(=O)=O)s2)CC(C)O1. The largest absolute Gasteiger partial charge is 0.462 e. The number of esters is 1. The van der Waals surface area contributed by atoms with Crippen molar-refractivity contribution in [3.8, 4) is 0 Å². The molecule has 21 heavy (non-hydrogen) atoms. The highest BCUT2D eigenvalue weighted by Gasteiger charge is 2.27. The Bertz CT molecular complexity index is 600. The minimum atomic E-state index is -3.71. The molecule has 6 nitrogen and oxygen atoms in total. The second-order valence-electron chi connectivity index (χ2n) is 5.28. The predicted octanol–water partition coefficient (Wildman–Crippen LogP) is 1.44. The van der Waals surface area contributed by atoms with E-state index in [0.717, 1.165) is 11.3 Å². The number of rotatable bonds is 4. The quantitative estimate of drug-likeness (QED) is 0.841. The van der Waals surface area contributed by atoms with Gasteiger partial charge in [0.1, 0.15) is 10.3 Å². The van der Waals surface area contributed by atoms with Crippen LogP contribution in [0.1, 0.15) is 31.6 Å². The fraction of sp³-hybridized carbons (Fsp3) is 0.615.